The molecule has 2 aliphatic heterocycles. The number of piperidine rings is 1. The van der Waals surface area contributed by atoms with Crippen LogP contribution in [0.5, 0.6) is 0 Å². The number of amides is 2. The zero-order valence-corrected chi connectivity index (χ0v) is 12.4. The number of hydrogen-bond acceptors (Lipinski definition) is 2. The smallest absolute Gasteiger partial charge is 0.326 e. The SMILES string of the molecule is O=C(O)C1CCC2CCCCC2N1C(=O)N1CC=CCC1. The number of carbonyl (C=O) groups is 2. The van der Waals surface area contributed by atoms with E-state index in [4.69, 9.17) is 0 Å². The highest BCUT2D eigenvalue weighted by atomic mass is 16.4. The van der Waals surface area contributed by atoms with Gasteiger partial charge in [0.25, 0.3) is 0 Å². The van der Waals surface area contributed by atoms with Gasteiger partial charge in [-0.1, -0.05) is 25.0 Å². The van der Waals surface area contributed by atoms with Gasteiger partial charge in [-0.15, -0.1) is 0 Å². The average Bonchev–Trinajstić information content (AvgIpc) is 2.53. The third-order valence-corrected chi connectivity index (χ3v) is 5.21. The summed E-state index contributed by atoms with van der Waals surface area (Å²) in [5.41, 5.74) is 0. The Bertz CT molecular complexity index is 449. The summed E-state index contributed by atoms with van der Waals surface area (Å²) in [7, 11) is 0. The predicted octanol–water partition coefficient (Wildman–Crippen LogP) is 2.48. The third-order valence-electron chi connectivity index (χ3n) is 5.21. The quantitative estimate of drug-likeness (QED) is 0.755. The standard InChI is InChI=1S/C16H24N2O3/c19-15(20)14-9-8-12-6-2-3-7-13(12)18(14)16(21)17-10-4-1-5-11-17/h1,4,12-14H,2-3,5-11H2,(H,19,20). The van der Waals surface area contributed by atoms with Gasteiger partial charge in [-0.3, -0.25) is 0 Å². The van der Waals surface area contributed by atoms with Crippen LogP contribution in [0.1, 0.15) is 44.9 Å². The zero-order valence-electron chi connectivity index (χ0n) is 12.4. The van der Waals surface area contributed by atoms with Crippen molar-refractivity contribution in [2.75, 3.05) is 13.1 Å². The maximum absolute atomic E-state index is 12.9. The normalized spacial score (nSPS) is 32.7. The molecule has 5 nitrogen and oxygen atoms in total. The van der Waals surface area contributed by atoms with E-state index in [-0.39, 0.29) is 12.1 Å². The fourth-order valence-corrected chi connectivity index (χ4v) is 4.13. The first kappa shape index (κ1) is 14.4. The number of aliphatic carboxylic acids is 1. The lowest BCUT2D eigenvalue weighted by molar-refractivity contribution is -0.146. The first-order chi connectivity index (χ1) is 10.2. The summed E-state index contributed by atoms with van der Waals surface area (Å²) >= 11 is 0. The summed E-state index contributed by atoms with van der Waals surface area (Å²) in [6, 6.07) is -0.571. The van der Waals surface area contributed by atoms with Crippen molar-refractivity contribution in [2.45, 2.75) is 57.0 Å². The summed E-state index contributed by atoms with van der Waals surface area (Å²) in [5.74, 6) is -0.349. The lowest BCUT2D eigenvalue weighted by atomic mass is 9.76. The van der Waals surface area contributed by atoms with Gasteiger partial charge in [-0.2, -0.15) is 0 Å². The number of likely N-dealkylation sites (tertiary alicyclic amines) is 1. The minimum Gasteiger partial charge on any atom is -0.480 e. The van der Waals surface area contributed by atoms with Crippen LogP contribution >= 0.6 is 0 Å². The Morgan fingerprint density at radius 3 is 2.57 bits per heavy atom. The molecule has 0 spiro atoms. The van der Waals surface area contributed by atoms with Gasteiger partial charge in [0.05, 0.1) is 0 Å². The topological polar surface area (TPSA) is 60.9 Å². The van der Waals surface area contributed by atoms with Crippen molar-refractivity contribution in [3.8, 4) is 0 Å². The largest absolute Gasteiger partial charge is 0.480 e. The molecule has 0 bridgehead atoms. The van der Waals surface area contributed by atoms with Crippen LogP contribution in [0, 0.1) is 5.92 Å². The lowest BCUT2D eigenvalue weighted by Gasteiger charge is -2.48. The van der Waals surface area contributed by atoms with Crippen molar-refractivity contribution < 1.29 is 14.7 Å². The van der Waals surface area contributed by atoms with Crippen molar-refractivity contribution in [1.82, 2.24) is 9.80 Å². The number of rotatable bonds is 1. The van der Waals surface area contributed by atoms with Gasteiger partial charge in [-0.25, -0.2) is 9.59 Å². The van der Waals surface area contributed by atoms with Gasteiger partial charge in [-0.05, 0) is 38.0 Å². The highest BCUT2D eigenvalue weighted by Crippen LogP contribution is 2.38. The van der Waals surface area contributed by atoms with Crippen molar-refractivity contribution in [2.24, 2.45) is 5.92 Å². The molecular weight excluding hydrogens is 268 g/mol. The van der Waals surface area contributed by atoms with E-state index in [9.17, 15) is 14.7 Å². The minimum atomic E-state index is -0.847. The first-order valence-corrected chi connectivity index (χ1v) is 8.13. The number of urea groups is 1. The Labute approximate surface area is 125 Å². The number of fused-ring (bicyclic) bond motifs is 1. The van der Waals surface area contributed by atoms with Crippen LogP contribution in [0.2, 0.25) is 0 Å². The zero-order chi connectivity index (χ0) is 14.8. The molecule has 3 aliphatic rings. The molecule has 3 atom stereocenters. The highest BCUT2D eigenvalue weighted by Gasteiger charge is 2.44. The molecule has 1 N–H and O–H groups in total. The molecule has 1 aliphatic carbocycles. The van der Waals surface area contributed by atoms with Crippen molar-refractivity contribution in [1.29, 1.82) is 0 Å². The molecule has 2 heterocycles. The van der Waals surface area contributed by atoms with E-state index in [0.717, 1.165) is 32.1 Å². The monoisotopic (exact) mass is 292 g/mol. The van der Waals surface area contributed by atoms with Crippen molar-refractivity contribution >= 4 is 12.0 Å². The van der Waals surface area contributed by atoms with E-state index < -0.39 is 12.0 Å². The fraction of sp³-hybridized carbons (Fsp3) is 0.750. The van der Waals surface area contributed by atoms with E-state index in [1.54, 1.807) is 9.80 Å². The predicted molar refractivity (Wildman–Crippen MR) is 79.0 cm³/mol. The van der Waals surface area contributed by atoms with Gasteiger partial charge in [0, 0.05) is 19.1 Å². The van der Waals surface area contributed by atoms with E-state index >= 15 is 0 Å². The van der Waals surface area contributed by atoms with Crippen LogP contribution in [0.25, 0.3) is 0 Å². The van der Waals surface area contributed by atoms with Crippen LogP contribution in [-0.2, 0) is 4.79 Å². The Morgan fingerprint density at radius 1 is 1.05 bits per heavy atom. The van der Waals surface area contributed by atoms with E-state index in [2.05, 4.69) is 6.08 Å². The molecule has 2 fully saturated rings. The van der Waals surface area contributed by atoms with Crippen LogP contribution < -0.4 is 0 Å². The van der Waals surface area contributed by atoms with Gasteiger partial charge in [0.2, 0.25) is 0 Å². The summed E-state index contributed by atoms with van der Waals surface area (Å²) in [6.45, 7) is 1.31. The maximum Gasteiger partial charge on any atom is 0.326 e. The molecule has 0 aromatic heterocycles. The summed E-state index contributed by atoms with van der Waals surface area (Å²) < 4.78 is 0. The third kappa shape index (κ3) is 2.78. The van der Waals surface area contributed by atoms with Gasteiger partial charge >= 0.3 is 12.0 Å². The van der Waals surface area contributed by atoms with E-state index in [1.165, 1.54) is 6.42 Å². The Kier molecular flexibility index (Phi) is 4.17. The summed E-state index contributed by atoms with van der Waals surface area (Å²) in [5, 5.41) is 9.52. The first-order valence-electron chi connectivity index (χ1n) is 8.13. The fourth-order valence-electron chi connectivity index (χ4n) is 4.13. The highest BCUT2D eigenvalue weighted by molar-refractivity contribution is 5.83. The molecule has 3 rings (SSSR count). The van der Waals surface area contributed by atoms with Crippen LogP contribution in [0.15, 0.2) is 12.2 Å². The van der Waals surface area contributed by atoms with Crippen LogP contribution in [0.4, 0.5) is 4.79 Å². The van der Waals surface area contributed by atoms with Gasteiger partial charge in [0.1, 0.15) is 6.04 Å². The minimum absolute atomic E-state index is 0.0663. The molecule has 1 saturated heterocycles. The number of carboxylic acid groups (broad SMARTS) is 1. The molecule has 1 saturated carbocycles. The lowest BCUT2D eigenvalue weighted by Crippen LogP contribution is -2.60. The Hall–Kier alpha value is -1.52. The molecule has 3 unspecified atom stereocenters. The molecule has 21 heavy (non-hydrogen) atoms. The maximum atomic E-state index is 12.9. The molecule has 116 valence electrons. The number of carbonyl (C=O) groups excluding carboxylic acids is 1. The number of carboxylic acids is 1. The number of hydrogen-bond donors (Lipinski definition) is 1. The Balaban J connectivity index is 1.83. The van der Waals surface area contributed by atoms with E-state index in [0.29, 0.717) is 25.4 Å². The van der Waals surface area contributed by atoms with Gasteiger partial charge < -0.3 is 14.9 Å². The Morgan fingerprint density at radius 2 is 1.86 bits per heavy atom. The second-order valence-electron chi connectivity index (χ2n) is 6.44. The molecule has 2 amide bonds. The second kappa shape index (κ2) is 6.08. The van der Waals surface area contributed by atoms with Crippen LogP contribution in [-0.4, -0.2) is 52.1 Å². The molecular formula is C16H24N2O3. The summed E-state index contributed by atoms with van der Waals surface area (Å²) in [6.07, 6.45) is 10.9. The second-order valence-corrected chi connectivity index (χ2v) is 6.44. The number of nitrogens with zero attached hydrogens (tertiary/aromatic N) is 2. The molecule has 5 heteroatoms. The van der Waals surface area contributed by atoms with Gasteiger partial charge in [0.15, 0.2) is 0 Å². The average molecular weight is 292 g/mol. The van der Waals surface area contributed by atoms with E-state index in [1.807, 2.05) is 6.08 Å². The molecule has 0 aromatic carbocycles. The molecule has 0 radical (unpaired) electrons. The van der Waals surface area contributed by atoms with Crippen molar-refractivity contribution in [3.63, 3.8) is 0 Å². The molecule has 0 aromatic rings. The summed E-state index contributed by atoms with van der Waals surface area (Å²) in [4.78, 5) is 28.0. The van der Waals surface area contributed by atoms with Crippen molar-refractivity contribution in [3.05, 3.63) is 12.2 Å². The van der Waals surface area contributed by atoms with Crippen LogP contribution in [0.3, 0.4) is 0 Å².